The summed E-state index contributed by atoms with van der Waals surface area (Å²) < 4.78 is 15.6. The summed E-state index contributed by atoms with van der Waals surface area (Å²) in [5, 5.41) is 9.47. The quantitative estimate of drug-likeness (QED) is 0.590. The van der Waals surface area contributed by atoms with Gasteiger partial charge in [-0.1, -0.05) is 0 Å². The number of carbonyl (C=O) groups is 2. The lowest BCUT2D eigenvalue weighted by molar-refractivity contribution is -0.212. The number of rotatable bonds is 5. The highest BCUT2D eigenvalue weighted by Gasteiger charge is 2.57. The first-order valence-electron chi connectivity index (χ1n) is 5.83. The Morgan fingerprint density at radius 3 is 2.11 bits per heavy atom. The zero-order valence-electron chi connectivity index (χ0n) is 11.2. The van der Waals surface area contributed by atoms with Gasteiger partial charge in [0.2, 0.25) is 0 Å². The zero-order valence-corrected chi connectivity index (χ0v) is 11.2. The van der Waals surface area contributed by atoms with Crippen molar-refractivity contribution >= 4 is 11.9 Å². The van der Waals surface area contributed by atoms with Crippen LogP contribution in [0.25, 0.3) is 0 Å². The Balaban J connectivity index is 2.98. The lowest BCUT2D eigenvalue weighted by Gasteiger charge is -2.33. The van der Waals surface area contributed by atoms with Gasteiger partial charge < -0.3 is 19.3 Å². The summed E-state index contributed by atoms with van der Waals surface area (Å²) in [4.78, 5) is 22.6. The fraction of sp³-hybridized carbons (Fsp3) is 0.833. The van der Waals surface area contributed by atoms with Crippen LogP contribution in [0.5, 0.6) is 0 Å². The summed E-state index contributed by atoms with van der Waals surface area (Å²) in [5.41, 5.74) is -1.16. The van der Waals surface area contributed by atoms with E-state index in [0.717, 1.165) is 0 Å². The average molecular weight is 260 g/mol. The van der Waals surface area contributed by atoms with Crippen molar-refractivity contribution in [3.05, 3.63) is 0 Å². The fourth-order valence-electron chi connectivity index (χ4n) is 2.57. The molecule has 104 valence electrons. The number of esters is 1. The van der Waals surface area contributed by atoms with E-state index in [1.165, 1.54) is 21.1 Å². The van der Waals surface area contributed by atoms with Gasteiger partial charge in [0.05, 0.1) is 0 Å². The first kappa shape index (κ1) is 14.9. The van der Waals surface area contributed by atoms with E-state index >= 15 is 0 Å². The number of methoxy groups -OCH3 is 2. The Morgan fingerprint density at radius 2 is 1.78 bits per heavy atom. The van der Waals surface area contributed by atoms with E-state index in [2.05, 4.69) is 0 Å². The third kappa shape index (κ3) is 2.49. The van der Waals surface area contributed by atoms with Crippen molar-refractivity contribution in [2.24, 2.45) is 5.41 Å². The number of carboxylic acid groups (broad SMARTS) is 1. The molecule has 0 bridgehead atoms. The molecule has 2 unspecified atom stereocenters. The Bertz CT molecular complexity index is 335. The Hall–Kier alpha value is -1.14. The summed E-state index contributed by atoms with van der Waals surface area (Å²) in [6, 6.07) is 0. The molecule has 0 heterocycles. The molecule has 1 saturated carbocycles. The molecule has 1 aliphatic rings. The van der Waals surface area contributed by atoms with Gasteiger partial charge in [0.15, 0.2) is 5.79 Å². The molecule has 1 N–H and O–H groups in total. The molecule has 1 fully saturated rings. The first-order valence-corrected chi connectivity index (χ1v) is 5.83. The van der Waals surface area contributed by atoms with Crippen LogP contribution >= 0.6 is 0 Å². The van der Waals surface area contributed by atoms with Crippen molar-refractivity contribution < 1.29 is 28.9 Å². The molecule has 1 rings (SSSR count). The van der Waals surface area contributed by atoms with Gasteiger partial charge in [-0.2, -0.15) is 0 Å². The van der Waals surface area contributed by atoms with Gasteiger partial charge in [0.1, 0.15) is 11.5 Å². The molecule has 18 heavy (non-hydrogen) atoms. The van der Waals surface area contributed by atoms with Gasteiger partial charge in [-0.3, -0.25) is 9.59 Å². The third-order valence-corrected chi connectivity index (χ3v) is 3.83. The van der Waals surface area contributed by atoms with Crippen molar-refractivity contribution in [3.8, 4) is 0 Å². The van der Waals surface area contributed by atoms with Gasteiger partial charge in [-0.15, -0.1) is 0 Å². The molecule has 6 nitrogen and oxygen atoms in total. The van der Waals surface area contributed by atoms with E-state index in [1.54, 1.807) is 6.92 Å². The summed E-state index contributed by atoms with van der Waals surface area (Å²) in [6.07, 6.45) is 0.243. The summed E-state index contributed by atoms with van der Waals surface area (Å²) >= 11 is 0. The van der Waals surface area contributed by atoms with Crippen LogP contribution < -0.4 is 0 Å². The number of carboxylic acids is 1. The second-order valence-corrected chi connectivity index (χ2v) is 4.71. The Kier molecular flexibility index (Phi) is 4.34. The van der Waals surface area contributed by atoms with Gasteiger partial charge in [-0.05, 0) is 13.3 Å². The molecule has 0 radical (unpaired) electrons. The van der Waals surface area contributed by atoms with Crippen LogP contribution in [-0.4, -0.2) is 43.2 Å². The van der Waals surface area contributed by atoms with Crippen LogP contribution in [0.4, 0.5) is 0 Å². The van der Waals surface area contributed by atoms with Crippen molar-refractivity contribution in [1.82, 2.24) is 0 Å². The largest absolute Gasteiger partial charge is 0.481 e. The molecule has 0 aromatic carbocycles. The SMILES string of the molecule is COC1(OC)CCC(C(=O)O)(C(C)OC(C)=O)C1. The van der Waals surface area contributed by atoms with E-state index in [0.29, 0.717) is 12.8 Å². The molecule has 6 heteroatoms. The minimum absolute atomic E-state index is 0.163. The van der Waals surface area contributed by atoms with Crippen LogP contribution in [0.3, 0.4) is 0 Å². The summed E-state index contributed by atoms with van der Waals surface area (Å²) in [5.74, 6) is -2.39. The second-order valence-electron chi connectivity index (χ2n) is 4.71. The molecule has 0 aromatic rings. The molecule has 2 atom stereocenters. The number of hydrogen-bond acceptors (Lipinski definition) is 5. The Morgan fingerprint density at radius 1 is 1.22 bits per heavy atom. The van der Waals surface area contributed by atoms with E-state index in [1.807, 2.05) is 0 Å². The number of hydrogen-bond donors (Lipinski definition) is 1. The van der Waals surface area contributed by atoms with Crippen molar-refractivity contribution in [2.75, 3.05) is 14.2 Å². The monoisotopic (exact) mass is 260 g/mol. The lowest BCUT2D eigenvalue weighted by Crippen LogP contribution is -2.44. The van der Waals surface area contributed by atoms with E-state index < -0.39 is 29.2 Å². The molecule has 0 aliphatic heterocycles. The third-order valence-electron chi connectivity index (χ3n) is 3.83. The van der Waals surface area contributed by atoms with Gasteiger partial charge in [-0.25, -0.2) is 0 Å². The topological polar surface area (TPSA) is 82.1 Å². The van der Waals surface area contributed by atoms with Crippen LogP contribution in [0.1, 0.15) is 33.1 Å². The van der Waals surface area contributed by atoms with Crippen molar-refractivity contribution in [2.45, 2.75) is 45.0 Å². The maximum atomic E-state index is 11.6. The summed E-state index contributed by atoms with van der Waals surface area (Å²) in [7, 11) is 2.97. The molecule has 0 amide bonds. The minimum Gasteiger partial charge on any atom is -0.481 e. The maximum Gasteiger partial charge on any atom is 0.313 e. The second kappa shape index (κ2) is 5.24. The normalized spacial score (nSPS) is 27.8. The van der Waals surface area contributed by atoms with Gasteiger partial charge in [0.25, 0.3) is 0 Å². The molecule has 0 aromatic heterocycles. The predicted octanol–water partition coefficient (Wildman–Crippen LogP) is 1.18. The lowest BCUT2D eigenvalue weighted by atomic mass is 9.80. The highest BCUT2D eigenvalue weighted by atomic mass is 16.7. The summed E-state index contributed by atoms with van der Waals surface area (Å²) in [6.45, 7) is 2.86. The van der Waals surface area contributed by atoms with E-state index in [9.17, 15) is 14.7 Å². The molecular weight excluding hydrogens is 240 g/mol. The molecular formula is C12H20O6. The van der Waals surface area contributed by atoms with Gasteiger partial charge in [0, 0.05) is 34.0 Å². The number of carbonyl (C=O) groups excluding carboxylic acids is 1. The first-order chi connectivity index (χ1) is 8.32. The van der Waals surface area contributed by atoms with E-state index in [4.69, 9.17) is 14.2 Å². The fourth-order valence-corrected chi connectivity index (χ4v) is 2.57. The molecule has 1 aliphatic carbocycles. The zero-order chi connectivity index (χ0) is 14.0. The maximum absolute atomic E-state index is 11.6. The smallest absolute Gasteiger partial charge is 0.313 e. The van der Waals surface area contributed by atoms with Gasteiger partial charge >= 0.3 is 11.9 Å². The highest BCUT2D eigenvalue weighted by Crippen LogP contribution is 2.49. The van der Waals surface area contributed by atoms with Crippen LogP contribution in [-0.2, 0) is 23.8 Å². The van der Waals surface area contributed by atoms with E-state index in [-0.39, 0.29) is 6.42 Å². The van der Waals surface area contributed by atoms with Crippen LogP contribution in [0.2, 0.25) is 0 Å². The highest BCUT2D eigenvalue weighted by molar-refractivity contribution is 5.77. The number of ether oxygens (including phenoxy) is 3. The molecule has 0 spiro atoms. The Labute approximate surface area is 106 Å². The standard InChI is InChI=1S/C12H20O6/c1-8(18-9(2)13)11(10(14)15)5-6-12(7-11,16-3)17-4/h8H,5-7H2,1-4H3,(H,14,15). The minimum atomic E-state index is -1.16. The van der Waals surface area contributed by atoms with Crippen molar-refractivity contribution in [3.63, 3.8) is 0 Å². The predicted molar refractivity (Wildman–Crippen MR) is 61.9 cm³/mol. The number of aliphatic carboxylic acids is 1. The van der Waals surface area contributed by atoms with Crippen molar-refractivity contribution in [1.29, 1.82) is 0 Å². The molecule has 0 saturated heterocycles. The van der Waals surface area contributed by atoms with Crippen LogP contribution in [0, 0.1) is 5.41 Å². The average Bonchev–Trinajstić information content (AvgIpc) is 2.70. The van der Waals surface area contributed by atoms with Crippen LogP contribution in [0.15, 0.2) is 0 Å².